The van der Waals surface area contributed by atoms with Crippen LogP contribution in [0.2, 0.25) is 0 Å². The van der Waals surface area contributed by atoms with Crippen molar-refractivity contribution < 1.29 is 41.5 Å². The van der Waals surface area contributed by atoms with E-state index in [1.807, 2.05) is 30.6 Å². The molecule has 0 bridgehead atoms. The van der Waals surface area contributed by atoms with E-state index in [9.17, 15) is 8.42 Å². The number of halogens is 1. The van der Waals surface area contributed by atoms with Gasteiger partial charge in [-0.3, -0.25) is 4.55 Å². The van der Waals surface area contributed by atoms with E-state index in [-0.39, 0.29) is 29.7 Å². The molecular formula is C18H21IN2O3S2. The maximum absolute atomic E-state index is 11.0. The molecule has 3 rings (SSSR count). The normalized spacial score (nSPS) is 15.0. The number of para-hydroxylation sites is 1. The standard InChI is InChI=1S/C18H20N2O3S2.HI/c1-2-19-11-8-15(9-12-19)14-18-20(10-5-13-25(21,22)23)16-6-3-4-7-17(16)24-18;/h3-4,6-9,11-12,14H,2,5,10,13H2,1H3;1H. The third kappa shape index (κ3) is 5.45. The van der Waals surface area contributed by atoms with Crippen LogP contribution in [0.25, 0.3) is 6.08 Å². The number of hydrogen-bond donors (Lipinski definition) is 1. The van der Waals surface area contributed by atoms with Crippen molar-refractivity contribution in [2.45, 2.75) is 24.8 Å². The van der Waals surface area contributed by atoms with E-state index in [1.165, 1.54) is 0 Å². The summed E-state index contributed by atoms with van der Waals surface area (Å²) < 4.78 is 33.1. The van der Waals surface area contributed by atoms with Gasteiger partial charge in [0.1, 0.15) is 6.54 Å². The number of benzene rings is 1. The van der Waals surface area contributed by atoms with Crippen LogP contribution in [0.1, 0.15) is 18.9 Å². The van der Waals surface area contributed by atoms with E-state index in [0.29, 0.717) is 13.0 Å². The Labute approximate surface area is 175 Å². The maximum Gasteiger partial charge on any atom is 0.264 e. The molecule has 0 unspecified atom stereocenters. The molecule has 0 atom stereocenters. The third-order valence-electron chi connectivity index (χ3n) is 3.99. The first-order valence-corrected chi connectivity index (χ1v) is 10.6. The molecule has 2 heterocycles. The lowest BCUT2D eigenvalue weighted by atomic mass is 10.2. The molecule has 26 heavy (non-hydrogen) atoms. The number of pyridine rings is 1. The van der Waals surface area contributed by atoms with Gasteiger partial charge in [0, 0.05) is 23.6 Å². The van der Waals surface area contributed by atoms with Gasteiger partial charge in [-0.05, 0) is 37.1 Å². The average Bonchev–Trinajstić information content (AvgIpc) is 2.92. The summed E-state index contributed by atoms with van der Waals surface area (Å²) in [5.41, 5.74) is 2.17. The minimum atomic E-state index is -3.93. The van der Waals surface area contributed by atoms with E-state index in [1.54, 1.807) is 11.8 Å². The molecule has 140 valence electrons. The highest BCUT2D eigenvalue weighted by Gasteiger charge is 2.24. The second-order valence-corrected chi connectivity index (χ2v) is 8.44. The number of rotatable bonds is 6. The fraction of sp³-hybridized carbons (Fsp3) is 0.278. The number of hydrogen-bond acceptors (Lipinski definition) is 4. The van der Waals surface area contributed by atoms with Crippen LogP contribution in [0.3, 0.4) is 0 Å². The van der Waals surface area contributed by atoms with Crippen LogP contribution in [0.5, 0.6) is 0 Å². The molecule has 2 aromatic rings. The minimum absolute atomic E-state index is 0. The van der Waals surface area contributed by atoms with Gasteiger partial charge in [-0.2, -0.15) is 8.42 Å². The van der Waals surface area contributed by atoms with Crippen molar-refractivity contribution in [1.29, 1.82) is 0 Å². The Morgan fingerprint density at radius 1 is 1.19 bits per heavy atom. The molecule has 0 radical (unpaired) electrons. The quantitative estimate of drug-likeness (QED) is 0.346. The molecule has 1 N–H and O–H groups in total. The number of fused-ring (bicyclic) bond motifs is 1. The number of aromatic nitrogens is 1. The zero-order chi connectivity index (χ0) is 17.9. The van der Waals surface area contributed by atoms with Gasteiger partial charge in [0.05, 0.1) is 16.5 Å². The molecule has 5 nitrogen and oxygen atoms in total. The Morgan fingerprint density at radius 2 is 1.88 bits per heavy atom. The second-order valence-electron chi connectivity index (χ2n) is 5.81. The molecule has 1 aliphatic rings. The van der Waals surface area contributed by atoms with Crippen molar-refractivity contribution in [3.8, 4) is 0 Å². The Hall–Kier alpha value is -1.10. The van der Waals surface area contributed by atoms with Crippen LogP contribution in [0, 0.1) is 0 Å². The van der Waals surface area contributed by atoms with Gasteiger partial charge in [-0.15, -0.1) is 0 Å². The molecule has 0 aliphatic carbocycles. The average molecular weight is 504 g/mol. The molecule has 0 amide bonds. The van der Waals surface area contributed by atoms with Crippen molar-refractivity contribution in [3.63, 3.8) is 0 Å². The Kier molecular flexibility index (Phi) is 7.51. The second kappa shape index (κ2) is 9.20. The van der Waals surface area contributed by atoms with Crippen LogP contribution in [0.15, 0.2) is 58.7 Å². The lowest BCUT2D eigenvalue weighted by Gasteiger charge is -2.20. The summed E-state index contributed by atoms with van der Waals surface area (Å²) in [5.74, 6) is -0.231. The lowest BCUT2D eigenvalue weighted by Crippen LogP contribution is -3.00. The Bertz CT molecular complexity index is 884. The molecule has 1 aliphatic heterocycles. The maximum atomic E-state index is 11.0. The van der Waals surface area contributed by atoms with Crippen molar-refractivity contribution in [2.24, 2.45) is 0 Å². The molecule has 1 aromatic carbocycles. The van der Waals surface area contributed by atoms with Crippen LogP contribution >= 0.6 is 11.8 Å². The minimum Gasteiger partial charge on any atom is -1.00 e. The number of anilines is 1. The zero-order valence-corrected chi connectivity index (χ0v) is 18.2. The number of aryl methyl sites for hydroxylation is 1. The predicted molar refractivity (Wildman–Crippen MR) is 101 cm³/mol. The first kappa shape index (κ1) is 21.2. The van der Waals surface area contributed by atoms with Crippen molar-refractivity contribution in [2.75, 3.05) is 17.2 Å². The van der Waals surface area contributed by atoms with Crippen molar-refractivity contribution in [1.82, 2.24) is 0 Å². The summed E-state index contributed by atoms with van der Waals surface area (Å²) in [7, 11) is -3.93. The summed E-state index contributed by atoms with van der Waals surface area (Å²) in [6, 6.07) is 12.2. The van der Waals surface area contributed by atoms with Gasteiger partial charge in [0.15, 0.2) is 12.4 Å². The predicted octanol–water partition coefficient (Wildman–Crippen LogP) is 0.187. The van der Waals surface area contributed by atoms with Gasteiger partial charge >= 0.3 is 0 Å². The summed E-state index contributed by atoms with van der Waals surface area (Å²) in [4.78, 5) is 3.27. The topological polar surface area (TPSA) is 61.5 Å². The van der Waals surface area contributed by atoms with Gasteiger partial charge in [-0.1, -0.05) is 23.9 Å². The van der Waals surface area contributed by atoms with E-state index in [0.717, 1.165) is 27.7 Å². The summed E-state index contributed by atoms with van der Waals surface area (Å²) in [5, 5.41) is 1.06. The van der Waals surface area contributed by atoms with Gasteiger partial charge in [-0.25, -0.2) is 4.57 Å². The van der Waals surface area contributed by atoms with E-state index >= 15 is 0 Å². The van der Waals surface area contributed by atoms with Crippen molar-refractivity contribution in [3.05, 3.63) is 59.4 Å². The third-order valence-corrected chi connectivity index (χ3v) is 5.91. The van der Waals surface area contributed by atoms with Gasteiger partial charge < -0.3 is 28.9 Å². The van der Waals surface area contributed by atoms with Crippen LogP contribution in [-0.4, -0.2) is 25.3 Å². The number of thioether (sulfide) groups is 1. The molecule has 1 aromatic heterocycles. The largest absolute Gasteiger partial charge is 1.00 e. The highest BCUT2D eigenvalue weighted by Crippen LogP contribution is 2.46. The van der Waals surface area contributed by atoms with Crippen LogP contribution in [0.4, 0.5) is 5.69 Å². The van der Waals surface area contributed by atoms with E-state index < -0.39 is 10.1 Å². The first-order chi connectivity index (χ1) is 12.0. The first-order valence-electron chi connectivity index (χ1n) is 8.16. The van der Waals surface area contributed by atoms with E-state index in [2.05, 4.69) is 40.7 Å². The highest BCUT2D eigenvalue weighted by atomic mass is 127. The fourth-order valence-electron chi connectivity index (χ4n) is 2.71. The van der Waals surface area contributed by atoms with Crippen molar-refractivity contribution >= 4 is 33.6 Å². The fourth-order valence-corrected chi connectivity index (χ4v) is 4.36. The van der Waals surface area contributed by atoms with Crippen LogP contribution in [-0.2, 0) is 16.7 Å². The van der Waals surface area contributed by atoms with Gasteiger partial charge in [0.2, 0.25) is 0 Å². The summed E-state index contributed by atoms with van der Waals surface area (Å²) in [6.07, 6.45) is 6.57. The Balaban J connectivity index is 0.00000243. The van der Waals surface area contributed by atoms with Gasteiger partial charge in [0.25, 0.3) is 10.1 Å². The molecule has 8 heteroatoms. The zero-order valence-electron chi connectivity index (χ0n) is 14.4. The monoisotopic (exact) mass is 504 g/mol. The lowest BCUT2D eigenvalue weighted by molar-refractivity contribution is -0.693. The molecule has 0 saturated heterocycles. The van der Waals surface area contributed by atoms with E-state index in [4.69, 9.17) is 4.55 Å². The molecule has 0 saturated carbocycles. The molecular weight excluding hydrogens is 483 g/mol. The molecule has 0 spiro atoms. The van der Waals surface area contributed by atoms with Crippen LogP contribution < -0.4 is 33.4 Å². The SMILES string of the molecule is CC[n+]1ccc(C=C2Sc3ccccc3N2CCCS(=O)(=O)O)cc1.[I-]. The number of nitrogens with zero attached hydrogens (tertiary/aromatic N) is 2. The summed E-state index contributed by atoms with van der Waals surface area (Å²) >= 11 is 1.68. The highest BCUT2D eigenvalue weighted by molar-refractivity contribution is 8.03. The molecule has 0 fully saturated rings. The Morgan fingerprint density at radius 3 is 2.54 bits per heavy atom. The smallest absolute Gasteiger partial charge is 0.264 e. The summed E-state index contributed by atoms with van der Waals surface area (Å²) in [6.45, 7) is 3.56.